The number of pyridine rings is 1. The lowest BCUT2D eigenvalue weighted by Crippen LogP contribution is -2.24. The number of halogens is 1. The maximum absolute atomic E-state index is 12.4. The molecule has 5 rings (SSSR count). The topological polar surface area (TPSA) is 57.6 Å². The Labute approximate surface area is 197 Å². The van der Waals surface area contributed by atoms with Crippen molar-refractivity contribution in [1.82, 2.24) is 9.99 Å². The Morgan fingerprint density at radius 1 is 1.06 bits per heavy atom. The van der Waals surface area contributed by atoms with Crippen molar-refractivity contribution in [3.05, 3.63) is 101 Å². The Morgan fingerprint density at radius 3 is 2.67 bits per heavy atom. The van der Waals surface area contributed by atoms with Crippen molar-refractivity contribution in [1.29, 1.82) is 0 Å². The third-order valence-electron chi connectivity index (χ3n) is 5.87. The molecule has 5 nitrogen and oxygen atoms in total. The minimum atomic E-state index is -0.145. The Kier molecular flexibility index (Phi) is 5.56. The van der Waals surface area contributed by atoms with E-state index in [0.29, 0.717) is 11.4 Å². The van der Waals surface area contributed by atoms with Gasteiger partial charge in [0.1, 0.15) is 0 Å². The van der Waals surface area contributed by atoms with E-state index in [4.69, 9.17) is 11.6 Å². The molecule has 3 aromatic carbocycles. The first kappa shape index (κ1) is 21.2. The zero-order valence-corrected chi connectivity index (χ0v) is 19.2. The highest BCUT2D eigenvalue weighted by molar-refractivity contribution is 6.31. The van der Waals surface area contributed by atoms with Crippen molar-refractivity contribution >= 4 is 45.5 Å². The molecule has 1 amide bonds. The molecule has 2 heterocycles. The lowest BCUT2D eigenvalue weighted by molar-refractivity contribution is -0.130. The van der Waals surface area contributed by atoms with Gasteiger partial charge in [0, 0.05) is 41.3 Å². The maximum Gasteiger partial charge on any atom is 0.240 e. The van der Waals surface area contributed by atoms with Gasteiger partial charge in [-0.15, -0.1) is 0 Å². The minimum Gasteiger partial charge on any atom is -0.355 e. The molecule has 1 aromatic heterocycles. The number of rotatable bonds is 4. The highest BCUT2D eigenvalue weighted by Crippen LogP contribution is 2.35. The van der Waals surface area contributed by atoms with Gasteiger partial charge in [0.15, 0.2) is 0 Å². The van der Waals surface area contributed by atoms with Gasteiger partial charge in [-0.25, -0.2) is 5.01 Å². The van der Waals surface area contributed by atoms with E-state index in [2.05, 4.69) is 52.7 Å². The highest BCUT2D eigenvalue weighted by atomic mass is 35.5. The van der Waals surface area contributed by atoms with Gasteiger partial charge in [0.2, 0.25) is 5.91 Å². The molecule has 1 N–H and O–H groups in total. The van der Waals surface area contributed by atoms with Crippen molar-refractivity contribution in [2.45, 2.75) is 26.3 Å². The van der Waals surface area contributed by atoms with Gasteiger partial charge >= 0.3 is 0 Å². The van der Waals surface area contributed by atoms with Gasteiger partial charge < -0.3 is 5.32 Å². The minimum absolute atomic E-state index is 0.0718. The molecule has 164 valence electrons. The number of aromatic nitrogens is 1. The molecule has 0 fully saturated rings. The van der Waals surface area contributed by atoms with Crippen LogP contribution in [-0.2, 0) is 4.79 Å². The molecule has 1 aliphatic rings. The average molecular weight is 455 g/mol. The van der Waals surface area contributed by atoms with Crippen LogP contribution in [0.1, 0.15) is 36.1 Å². The number of fused-ring (bicyclic) bond motifs is 1. The Hall–Kier alpha value is -3.70. The number of anilines is 2. The first-order chi connectivity index (χ1) is 16.0. The van der Waals surface area contributed by atoms with E-state index in [1.165, 1.54) is 5.56 Å². The smallest absolute Gasteiger partial charge is 0.240 e. The summed E-state index contributed by atoms with van der Waals surface area (Å²) in [6.45, 7) is 3.62. The fourth-order valence-corrected chi connectivity index (χ4v) is 4.36. The van der Waals surface area contributed by atoms with E-state index in [9.17, 15) is 4.79 Å². The van der Waals surface area contributed by atoms with Crippen molar-refractivity contribution in [3.8, 4) is 0 Å². The SMILES string of the molecule is CC(=O)N1N=C(c2ccc(C)cc2)CC1c1cccc(Nc2ccnc3cc(Cl)ccc23)c1. The van der Waals surface area contributed by atoms with Crippen LogP contribution >= 0.6 is 11.6 Å². The Balaban J connectivity index is 1.44. The van der Waals surface area contributed by atoms with E-state index in [1.54, 1.807) is 18.1 Å². The highest BCUT2D eigenvalue weighted by Gasteiger charge is 2.31. The van der Waals surface area contributed by atoms with E-state index < -0.39 is 0 Å². The average Bonchev–Trinajstić information content (AvgIpc) is 3.26. The van der Waals surface area contributed by atoms with Gasteiger partial charge in [-0.2, -0.15) is 5.10 Å². The normalized spacial score (nSPS) is 15.5. The number of nitrogens with one attached hydrogen (secondary N) is 1. The van der Waals surface area contributed by atoms with Crippen LogP contribution in [-0.4, -0.2) is 21.6 Å². The number of nitrogens with zero attached hydrogens (tertiary/aromatic N) is 3. The second kappa shape index (κ2) is 8.68. The summed E-state index contributed by atoms with van der Waals surface area (Å²) in [6, 6.07) is 23.9. The number of benzene rings is 3. The van der Waals surface area contributed by atoms with Gasteiger partial charge in [-0.1, -0.05) is 53.6 Å². The van der Waals surface area contributed by atoms with Gasteiger partial charge in [0.25, 0.3) is 0 Å². The van der Waals surface area contributed by atoms with Gasteiger partial charge in [-0.05, 0) is 54.4 Å². The molecule has 1 aliphatic heterocycles. The number of aryl methyl sites for hydroxylation is 1. The zero-order chi connectivity index (χ0) is 22.9. The fraction of sp³-hybridized carbons (Fsp3) is 0.148. The molecule has 1 unspecified atom stereocenters. The molecule has 1 atom stereocenters. The molecule has 4 aromatic rings. The van der Waals surface area contributed by atoms with E-state index in [-0.39, 0.29) is 11.9 Å². The predicted molar refractivity (Wildman–Crippen MR) is 134 cm³/mol. The number of carbonyl (C=O) groups is 1. The molecule has 0 saturated heterocycles. The second-order valence-electron chi connectivity index (χ2n) is 8.27. The summed E-state index contributed by atoms with van der Waals surface area (Å²) < 4.78 is 0. The predicted octanol–water partition coefficient (Wildman–Crippen LogP) is 6.64. The van der Waals surface area contributed by atoms with Crippen LogP contribution in [0.4, 0.5) is 11.4 Å². The summed E-state index contributed by atoms with van der Waals surface area (Å²) in [5.74, 6) is -0.0718. The molecule has 0 saturated carbocycles. The van der Waals surface area contributed by atoms with Crippen molar-refractivity contribution in [3.63, 3.8) is 0 Å². The van der Waals surface area contributed by atoms with Crippen molar-refractivity contribution in [2.75, 3.05) is 5.32 Å². The third kappa shape index (κ3) is 4.32. The Bertz CT molecular complexity index is 1380. The number of hydrogen-bond donors (Lipinski definition) is 1. The first-order valence-electron chi connectivity index (χ1n) is 10.8. The number of hydrazone groups is 1. The van der Waals surface area contributed by atoms with Crippen LogP contribution in [0.2, 0.25) is 5.02 Å². The van der Waals surface area contributed by atoms with Crippen LogP contribution in [0.5, 0.6) is 0 Å². The van der Waals surface area contributed by atoms with Gasteiger partial charge in [0.05, 0.1) is 17.3 Å². The van der Waals surface area contributed by atoms with Crippen LogP contribution in [0.15, 0.2) is 84.1 Å². The third-order valence-corrected chi connectivity index (χ3v) is 6.11. The van der Waals surface area contributed by atoms with Crippen LogP contribution in [0, 0.1) is 6.92 Å². The molecule has 6 heteroatoms. The largest absolute Gasteiger partial charge is 0.355 e. The molecule has 0 aliphatic carbocycles. The standard InChI is InChI=1S/C27H23ClN4O/c1-17-6-8-19(9-7-17)25-16-27(32(31-25)18(2)33)20-4-3-5-22(14-20)30-24-12-13-29-26-15-21(28)10-11-23(24)26/h3-15,27H,16H2,1-2H3,(H,29,30). The molecule has 33 heavy (non-hydrogen) atoms. The Morgan fingerprint density at radius 2 is 1.88 bits per heavy atom. The number of hydrogen-bond acceptors (Lipinski definition) is 4. The van der Waals surface area contributed by atoms with Crippen molar-refractivity contribution in [2.24, 2.45) is 5.10 Å². The van der Waals surface area contributed by atoms with E-state index in [0.717, 1.165) is 39.1 Å². The second-order valence-corrected chi connectivity index (χ2v) is 8.70. The van der Waals surface area contributed by atoms with Crippen molar-refractivity contribution < 1.29 is 4.79 Å². The summed E-state index contributed by atoms with van der Waals surface area (Å²) in [6.07, 6.45) is 2.43. The lowest BCUT2D eigenvalue weighted by atomic mass is 9.97. The molecular formula is C27H23ClN4O. The number of carbonyl (C=O) groups excluding carboxylic acids is 1. The summed E-state index contributed by atoms with van der Waals surface area (Å²) in [4.78, 5) is 16.8. The van der Waals surface area contributed by atoms with Crippen LogP contribution in [0.3, 0.4) is 0 Å². The molecule has 0 radical (unpaired) electrons. The summed E-state index contributed by atoms with van der Waals surface area (Å²) in [5, 5.41) is 11.4. The maximum atomic E-state index is 12.4. The molecule has 0 bridgehead atoms. The quantitative estimate of drug-likeness (QED) is 0.376. The van der Waals surface area contributed by atoms with Crippen LogP contribution < -0.4 is 5.32 Å². The molecule has 0 spiro atoms. The fourth-order valence-electron chi connectivity index (χ4n) is 4.19. The van der Waals surface area contributed by atoms with Crippen LogP contribution in [0.25, 0.3) is 10.9 Å². The zero-order valence-electron chi connectivity index (χ0n) is 18.4. The number of amides is 1. The van der Waals surface area contributed by atoms with Gasteiger partial charge in [-0.3, -0.25) is 9.78 Å². The van der Waals surface area contributed by atoms with E-state index in [1.807, 2.05) is 42.5 Å². The molecular weight excluding hydrogens is 432 g/mol. The summed E-state index contributed by atoms with van der Waals surface area (Å²) in [7, 11) is 0. The summed E-state index contributed by atoms with van der Waals surface area (Å²) >= 11 is 6.12. The first-order valence-corrected chi connectivity index (χ1v) is 11.2. The summed E-state index contributed by atoms with van der Waals surface area (Å²) in [5.41, 5.74) is 6.90. The monoisotopic (exact) mass is 454 g/mol. The van der Waals surface area contributed by atoms with E-state index >= 15 is 0 Å². The lowest BCUT2D eigenvalue weighted by Gasteiger charge is -2.21.